The lowest BCUT2D eigenvalue weighted by molar-refractivity contribution is 0.0943. The second-order valence-corrected chi connectivity index (χ2v) is 7.48. The van der Waals surface area contributed by atoms with Crippen molar-refractivity contribution in [2.75, 3.05) is 6.61 Å². The number of nitrogens with one attached hydrogen (secondary N) is 2. The van der Waals surface area contributed by atoms with E-state index in [0.717, 1.165) is 23.3 Å². The topological polar surface area (TPSA) is 67.4 Å². The smallest absolute Gasteiger partial charge is 0.261 e. The van der Waals surface area contributed by atoms with Crippen LogP contribution in [0.4, 0.5) is 0 Å². The summed E-state index contributed by atoms with van der Waals surface area (Å²) in [5, 5.41) is 7.66. The number of hydrogen-bond acceptors (Lipinski definition) is 4. The first-order valence-corrected chi connectivity index (χ1v) is 10.4. The van der Waals surface area contributed by atoms with Gasteiger partial charge in [0.25, 0.3) is 11.8 Å². The molecular weight excluding hydrogens is 384 g/mol. The summed E-state index contributed by atoms with van der Waals surface area (Å²) < 4.78 is 5.56. The molecule has 150 valence electrons. The van der Waals surface area contributed by atoms with Crippen LogP contribution < -0.4 is 15.4 Å². The standard InChI is InChI=1S/C23H24N2O3S/c1-2-13-28-20-11-7-18(8-12-20)15-24-22(26)19-9-5-17(6-10-19)16-25-23(27)21-4-3-14-29-21/h3-12,14H,2,13,15-16H2,1H3,(H,24,26)(H,25,27). The summed E-state index contributed by atoms with van der Waals surface area (Å²) in [5.41, 5.74) is 2.53. The highest BCUT2D eigenvalue weighted by atomic mass is 32.1. The summed E-state index contributed by atoms with van der Waals surface area (Å²) in [6.07, 6.45) is 0.970. The lowest BCUT2D eigenvalue weighted by Crippen LogP contribution is -2.23. The molecule has 5 nitrogen and oxygen atoms in total. The van der Waals surface area contributed by atoms with E-state index in [1.165, 1.54) is 11.3 Å². The Balaban J connectivity index is 1.46. The van der Waals surface area contributed by atoms with Crippen LogP contribution in [0.5, 0.6) is 5.75 Å². The third-order valence-corrected chi connectivity index (χ3v) is 5.13. The number of rotatable bonds is 9. The van der Waals surface area contributed by atoms with Gasteiger partial charge in [-0.05, 0) is 53.3 Å². The average molecular weight is 409 g/mol. The summed E-state index contributed by atoms with van der Waals surface area (Å²) in [6, 6.07) is 18.6. The van der Waals surface area contributed by atoms with Gasteiger partial charge in [-0.1, -0.05) is 37.3 Å². The largest absolute Gasteiger partial charge is 0.494 e. The first kappa shape index (κ1) is 20.6. The Hall–Kier alpha value is -3.12. The first-order chi connectivity index (χ1) is 14.2. The molecule has 2 aromatic carbocycles. The zero-order valence-electron chi connectivity index (χ0n) is 16.3. The van der Waals surface area contributed by atoms with Crippen LogP contribution in [-0.4, -0.2) is 18.4 Å². The SMILES string of the molecule is CCCOc1ccc(CNC(=O)c2ccc(CNC(=O)c3cccs3)cc2)cc1. The van der Waals surface area contributed by atoms with Gasteiger partial charge in [0, 0.05) is 18.7 Å². The summed E-state index contributed by atoms with van der Waals surface area (Å²) in [6.45, 7) is 3.64. The number of hydrogen-bond donors (Lipinski definition) is 2. The predicted octanol–water partition coefficient (Wildman–Crippen LogP) is 4.40. The van der Waals surface area contributed by atoms with E-state index in [0.29, 0.717) is 30.1 Å². The fourth-order valence-corrected chi connectivity index (χ4v) is 3.30. The number of benzene rings is 2. The Bertz CT molecular complexity index is 920. The number of carbonyl (C=O) groups is 2. The maximum atomic E-state index is 12.4. The van der Waals surface area contributed by atoms with Gasteiger partial charge in [0.15, 0.2) is 0 Å². The quantitative estimate of drug-likeness (QED) is 0.552. The zero-order valence-corrected chi connectivity index (χ0v) is 17.1. The van der Waals surface area contributed by atoms with Gasteiger partial charge in [-0.3, -0.25) is 9.59 Å². The lowest BCUT2D eigenvalue weighted by Gasteiger charge is -2.08. The molecule has 1 aromatic heterocycles. The van der Waals surface area contributed by atoms with E-state index in [1.807, 2.05) is 47.8 Å². The Labute approximate surface area is 174 Å². The maximum Gasteiger partial charge on any atom is 0.261 e. The molecule has 0 fully saturated rings. The Morgan fingerprint density at radius 3 is 2.07 bits per heavy atom. The second-order valence-electron chi connectivity index (χ2n) is 6.53. The van der Waals surface area contributed by atoms with Gasteiger partial charge in [0.2, 0.25) is 0 Å². The zero-order chi connectivity index (χ0) is 20.5. The van der Waals surface area contributed by atoms with Gasteiger partial charge < -0.3 is 15.4 Å². The number of carbonyl (C=O) groups excluding carboxylic acids is 2. The molecule has 0 saturated carbocycles. The van der Waals surface area contributed by atoms with E-state index < -0.39 is 0 Å². The van der Waals surface area contributed by atoms with Crippen LogP contribution >= 0.6 is 11.3 Å². The molecule has 0 unspecified atom stereocenters. The van der Waals surface area contributed by atoms with Gasteiger partial charge in [-0.2, -0.15) is 0 Å². The normalized spacial score (nSPS) is 10.4. The summed E-state index contributed by atoms with van der Waals surface area (Å²) >= 11 is 1.41. The fourth-order valence-electron chi connectivity index (χ4n) is 2.66. The Morgan fingerprint density at radius 1 is 0.862 bits per heavy atom. The van der Waals surface area contributed by atoms with Crippen molar-refractivity contribution in [2.45, 2.75) is 26.4 Å². The monoisotopic (exact) mass is 408 g/mol. The van der Waals surface area contributed by atoms with E-state index in [4.69, 9.17) is 4.74 Å². The molecule has 0 atom stereocenters. The van der Waals surface area contributed by atoms with Crippen LogP contribution in [-0.2, 0) is 13.1 Å². The molecule has 2 amide bonds. The molecule has 0 bridgehead atoms. The average Bonchev–Trinajstić information content (AvgIpc) is 3.30. The van der Waals surface area contributed by atoms with E-state index in [2.05, 4.69) is 17.6 Å². The lowest BCUT2D eigenvalue weighted by atomic mass is 10.1. The molecule has 2 N–H and O–H groups in total. The molecule has 0 spiro atoms. The molecule has 29 heavy (non-hydrogen) atoms. The van der Waals surface area contributed by atoms with E-state index in [1.54, 1.807) is 18.2 Å². The fraction of sp³-hybridized carbons (Fsp3) is 0.217. The maximum absolute atomic E-state index is 12.4. The van der Waals surface area contributed by atoms with Crippen molar-refractivity contribution in [3.05, 3.63) is 87.6 Å². The Morgan fingerprint density at radius 2 is 1.48 bits per heavy atom. The summed E-state index contributed by atoms with van der Waals surface area (Å²) in [7, 11) is 0. The van der Waals surface area contributed by atoms with Crippen LogP contribution in [0.25, 0.3) is 0 Å². The first-order valence-electron chi connectivity index (χ1n) is 9.56. The van der Waals surface area contributed by atoms with Crippen molar-refractivity contribution >= 4 is 23.2 Å². The molecule has 3 aromatic rings. The van der Waals surface area contributed by atoms with Crippen molar-refractivity contribution in [2.24, 2.45) is 0 Å². The number of amides is 2. The van der Waals surface area contributed by atoms with Crippen molar-refractivity contribution < 1.29 is 14.3 Å². The third-order valence-electron chi connectivity index (χ3n) is 4.26. The minimum atomic E-state index is -0.134. The summed E-state index contributed by atoms with van der Waals surface area (Å²) in [4.78, 5) is 25.0. The van der Waals surface area contributed by atoms with E-state index >= 15 is 0 Å². The molecular formula is C23H24N2O3S. The van der Waals surface area contributed by atoms with Gasteiger partial charge in [-0.25, -0.2) is 0 Å². The highest BCUT2D eigenvalue weighted by Gasteiger charge is 2.08. The van der Waals surface area contributed by atoms with Gasteiger partial charge >= 0.3 is 0 Å². The van der Waals surface area contributed by atoms with Crippen molar-refractivity contribution in [1.82, 2.24) is 10.6 Å². The number of ether oxygens (including phenoxy) is 1. The van der Waals surface area contributed by atoms with Gasteiger partial charge in [0.1, 0.15) is 5.75 Å². The van der Waals surface area contributed by atoms with Crippen LogP contribution in [0.15, 0.2) is 66.0 Å². The number of thiophene rings is 1. The molecule has 6 heteroatoms. The van der Waals surface area contributed by atoms with Gasteiger partial charge in [0.05, 0.1) is 11.5 Å². The molecule has 0 radical (unpaired) electrons. The highest BCUT2D eigenvalue weighted by molar-refractivity contribution is 7.12. The van der Waals surface area contributed by atoms with Crippen molar-refractivity contribution in [3.8, 4) is 5.75 Å². The van der Waals surface area contributed by atoms with Crippen molar-refractivity contribution in [3.63, 3.8) is 0 Å². The van der Waals surface area contributed by atoms with Crippen LogP contribution in [0.1, 0.15) is 44.5 Å². The minimum absolute atomic E-state index is 0.0899. The predicted molar refractivity (Wildman–Crippen MR) is 115 cm³/mol. The van der Waals surface area contributed by atoms with Crippen LogP contribution in [0, 0.1) is 0 Å². The van der Waals surface area contributed by atoms with E-state index in [-0.39, 0.29) is 11.8 Å². The minimum Gasteiger partial charge on any atom is -0.494 e. The molecule has 3 rings (SSSR count). The molecule has 1 heterocycles. The summed E-state index contributed by atoms with van der Waals surface area (Å²) in [5.74, 6) is 0.613. The third kappa shape index (κ3) is 6.19. The highest BCUT2D eigenvalue weighted by Crippen LogP contribution is 2.13. The second kappa shape index (κ2) is 10.4. The Kier molecular flexibility index (Phi) is 7.41. The molecule has 0 aliphatic carbocycles. The van der Waals surface area contributed by atoms with Gasteiger partial charge in [-0.15, -0.1) is 11.3 Å². The molecule has 0 aliphatic rings. The van der Waals surface area contributed by atoms with Crippen LogP contribution in [0.2, 0.25) is 0 Å². The molecule has 0 saturated heterocycles. The molecule has 0 aliphatic heterocycles. The van der Waals surface area contributed by atoms with Crippen molar-refractivity contribution in [1.29, 1.82) is 0 Å². The van der Waals surface area contributed by atoms with Crippen LogP contribution in [0.3, 0.4) is 0 Å². The van der Waals surface area contributed by atoms with E-state index in [9.17, 15) is 9.59 Å².